The first-order valence-electron chi connectivity index (χ1n) is 9.23. The van der Waals surface area contributed by atoms with Gasteiger partial charge in [-0.1, -0.05) is 29.8 Å². The Balaban J connectivity index is 1.73. The molecule has 3 rings (SSSR count). The molecule has 1 aromatic carbocycles. The van der Waals surface area contributed by atoms with Gasteiger partial charge < -0.3 is 9.47 Å². The van der Waals surface area contributed by atoms with E-state index in [1.54, 1.807) is 30.3 Å². The van der Waals surface area contributed by atoms with Crippen molar-refractivity contribution in [3.8, 4) is 0 Å². The number of esters is 1. The Morgan fingerprint density at radius 2 is 1.97 bits per heavy atom. The summed E-state index contributed by atoms with van der Waals surface area (Å²) in [5.41, 5.74) is -0.397. The van der Waals surface area contributed by atoms with E-state index in [2.05, 4.69) is 4.98 Å². The zero-order valence-electron chi connectivity index (χ0n) is 16.0. The van der Waals surface area contributed by atoms with Crippen LogP contribution in [0.3, 0.4) is 0 Å². The van der Waals surface area contributed by atoms with Gasteiger partial charge in [-0.15, -0.1) is 0 Å². The van der Waals surface area contributed by atoms with E-state index in [1.165, 1.54) is 30.4 Å². The second-order valence-corrected chi connectivity index (χ2v) is 7.14. The van der Waals surface area contributed by atoms with Crippen LogP contribution in [0, 0.1) is 0 Å². The van der Waals surface area contributed by atoms with Crippen LogP contribution in [0.2, 0.25) is 5.02 Å². The van der Waals surface area contributed by atoms with Crippen LogP contribution in [0.25, 0.3) is 0 Å². The zero-order valence-corrected chi connectivity index (χ0v) is 16.7. The summed E-state index contributed by atoms with van der Waals surface area (Å²) in [5, 5.41) is 0.408. The van der Waals surface area contributed by atoms with Crippen molar-refractivity contribution in [1.29, 1.82) is 0 Å². The van der Waals surface area contributed by atoms with Crippen LogP contribution in [0.4, 0.5) is 4.79 Å². The van der Waals surface area contributed by atoms with Gasteiger partial charge in [-0.3, -0.25) is 14.7 Å². The van der Waals surface area contributed by atoms with Gasteiger partial charge in [-0.25, -0.2) is 9.59 Å². The minimum absolute atomic E-state index is 0.0938. The van der Waals surface area contributed by atoms with Crippen LogP contribution in [-0.2, 0) is 19.8 Å². The summed E-state index contributed by atoms with van der Waals surface area (Å²) in [6.07, 6.45) is 4.42. The van der Waals surface area contributed by atoms with E-state index in [9.17, 15) is 14.4 Å². The minimum Gasteiger partial charge on any atom is -0.424 e. The highest BCUT2D eigenvalue weighted by atomic mass is 35.5. The quantitative estimate of drug-likeness (QED) is 0.541. The van der Waals surface area contributed by atoms with E-state index in [0.29, 0.717) is 23.4 Å². The van der Waals surface area contributed by atoms with E-state index in [4.69, 9.17) is 21.1 Å². The van der Waals surface area contributed by atoms with Crippen LogP contribution in [0.5, 0.6) is 0 Å². The van der Waals surface area contributed by atoms with Gasteiger partial charge in [-0.05, 0) is 37.5 Å². The van der Waals surface area contributed by atoms with Crippen LogP contribution in [0.1, 0.15) is 41.6 Å². The Bertz CT molecular complexity index is 905. The molecule has 7 nitrogen and oxygen atoms in total. The highest BCUT2D eigenvalue weighted by Crippen LogP contribution is 2.42. The summed E-state index contributed by atoms with van der Waals surface area (Å²) in [5.74, 6) is -0.758. The predicted molar refractivity (Wildman–Crippen MR) is 105 cm³/mol. The summed E-state index contributed by atoms with van der Waals surface area (Å²) >= 11 is 6.37. The second kappa shape index (κ2) is 9.05. The monoisotopic (exact) mass is 416 g/mol. The number of carbonyl (C=O) groups is 3. The molecule has 152 valence electrons. The molecule has 0 bridgehead atoms. The molecule has 1 atom stereocenters. The number of ketones is 1. The number of ether oxygens (including phenoxy) is 2. The van der Waals surface area contributed by atoms with Gasteiger partial charge in [0.05, 0.1) is 5.56 Å². The van der Waals surface area contributed by atoms with Gasteiger partial charge in [0.25, 0.3) is 0 Å². The van der Waals surface area contributed by atoms with Crippen LogP contribution in [-0.4, -0.2) is 41.6 Å². The Morgan fingerprint density at radius 1 is 1.17 bits per heavy atom. The van der Waals surface area contributed by atoms with Crippen molar-refractivity contribution in [2.24, 2.45) is 0 Å². The predicted octanol–water partition coefficient (Wildman–Crippen LogP) is 3.96. The van der Waals surface area contributed by atoms with Gasteiger partial charge in [0.1, 0.15) is 5.54 Å². The summed E-state index contributed by atoms with van der Waals surface area (Å²) in [6.45, 7) is -0.580. The number of likely N-dealkylation sites (N-methyl/N-ethyl adjacent to an activating group) is 1. The molecule has 1 aromatic heterocycles. The molecule has 1 fully saturated rings. The maximum Gasteiger partial charge on any atom is 0.413 e. The minimum atomic E-state index is -1.21. The molecule has 29 heavy (non-hydrogen) atoms. The Hall–Kier alpha value is -2.93. The van der Waals surface area contributed by atoms with Crippen molar-refractivity contribution >= 4 is 29.4 Å². The SMILES string of the molecule is CN(C(=O)OCOC(=O)c1cccnc1)[C@@]1(c2ccccc2Cl)CCCCC1=O. The van der Waals surface area contributed by atoms with Crippen molar-refractivity contribution in [3.05, 3.63) is 64.9 Å². The number of halogens is 1. The van der Waals surface area contributed by atoms with Gasteiger partial charge in [-0.2, -0.15) is 0 Å². The third-order valence-electron chi connectivity index (χ3n) is 5.09. The van der Waals surface area contributed by atoms with E-state index < -0.39 is 24.4 Å². The number of hydrogen-bond acceptors (Lipinski definition) is 6. The number of Topliss-reactive ketones (excluding diaryl/α,β-unsaturated/α-hetero) is 1. The molecular formula is C21H21ClN2O5. The highest BCUT2D eigenvalue weighted by Gasteiger charge is 2.48. The second-order valence-electron chi connectivity index (χ2n) is 6.73. The van der Waals surface area contributed by atoms with Crippen LogP contribution in [0.15, 0.2) is 48.8 Å². The van der Waals surface area contributed by atoms with Gasteiger partial charge >= 0.3 is 12.1 Å². The first kappa shape index (κ1) is 20.8. The first-order chi connectivity index (χ1) is 14.0. The summed E-state index contributed by atoms with van der Waals surface area (Å²) < 4.78 is 10.1. The molecule has 1 saturated carbocycles. The fraction of sp³-hybridized carbons (Fsp3) is 0.333. The number of pyridine rings is 1. The summed E-state index contributed by atoms with van der Waals surface area (Å²) in [4.78, 5) is 42.7. The molecule has 0 N–H and O–H groups in total. The average molecular weight is 417 g/mol. The Labute approximate surface area is 173 Å². The lowest BCUT2D eigenvalue weighted by molar-refractivity contribution is -0.133. The largest absolute Gasteiger partial charge is 0.424 e. The number of rotatable bonds is 5. The van der Waals surface area contributed by atoms with Gasteiger partial charge in [0, 0.05) is 36.4 Å². The standard InChI is InChI=1S/C21H21ClN2O5/c1-24(20(27)29-14-28-19(26)15-7-6-12-23-13-15)21(11-5-4-10-18(21)25)16-8-2-3-9-17(16)22/h2-3,6-9,12-13H,4-5,10-11,14H2,1H3/t21-/m1/s1. The topological polar surface area (TPSA) is 85.8 Å². The van der Waals surface area contributed by atoms with Crippen molar-refractivity contribution in [3.63, 3.8) is 0 Å². The lowest BCUT2D eigenvalue weighted by atomic mass is 9.74. The summed E-state index contributed by atoms with van der Waals surface area (Å²) in [6, 6.07) is 10.1. The van der Waals surface area contributed by atoms with Crippen molar-refractivity contribution in [2.45, 2.75) is 31.2 Å². The third kappa shape index (κ3) is 4.24. The molecule has 1 aliphatic rings. The molecular weight excluding hydrogens is 396 g/mol. The van der Waals surface area contributed by atoms with E-state index >= 15 is 0 Å². The first-order valence-corrected chi connectivity index (χ1v) is 9.60. The molecule has 0 unspecified atom stereocenters. The molecule has 0 aliphatic heterocycles. The van der Waals surface area contributed by atoms with Crippen molar-refractivity contribution in [2.75, 3.05) is 13.8 Å². The molecule has 0 spiro atoms. The third-order valence-corrected chi connectivity index (χ3v) is 5.42. The van der Waals surface area contributed by atoms with Crippen LogP contribution >= 0.6 is 11.6 Å². The number of nitrogens with zero attached hydrogens (tertiary/aromatic N) is 2. The fourth-order valence-corrected chi connectivity index (χ4v) is 3.87. The molecule has 2 aromatic rings. The lowest BCUT2D eigenvalue weighted by Gasteiger charge is -2.43. The summed E-state index contributed by atoms with van der Waals surface area (Å²) in [7, 11) is 1.50. The van der Waals surface area contributed by atoms with Crippen LogP contribution < -0.4 is 0 Å². The normalized spacial score (nSPS) is 18.8. The highest BCUT2D eigenvalue weighted by molar-refractivity contribution is 6.31. The van der Waals surface area contributed by atoms with Gasteiger partial charge in [0.15, 0.2) is 5.78 Å². The van der Waals surface area contributed by atoms with E-state index in [1.807, 2.05) is 0 Å². The molecule has 8 heteroatoms. The van der Waals surface area contributed by atoms with E-state index in [-0.39, 0.29) is 11.3 Å². The van der Waals surface area contributed by atoms with Crippen molar-refractivity contribution in [1.82, 2.24) is 9.88 Å². The smallest absolute Gasteiger partial charge is 0.413 e. The molecule has 1 amide bonds. The number of carbonyl (C=O) groups excluding carboxylic acids is 3. The molecule has 0 saturated heterocycles. The number of hydrogen-bond donors (Lipinski definition) is 0. The molecule has 1 aliphatic carbocycles. The van der Waals surface area contributed by atoms with E-state index in [0.717, 1.165) is 12.8 Å². The Morgan fingerprint density at radius 3 is 2.66 bits per heavy atom. The maximum absolute atomic E-state index is 13.0. The molecule has 0 radical (unpaired) electrons. The number of amides is 1. The van der Waals surface area contributed by atoms with Gasteiger partial charge in [0.2, 0.25) is 6.79 Å². The Kier molecular flexibility index (Phi) is 6.49. The fourth-order valence-electron chi connectivity index (χ4n) is 3.58. The average Bonchev–Trinajstić information content (AvgIpc) is 2.74. The molecule has 1 heterocycles. The number of benzene rings is 1. The zero-order chi connectivity index (χ0) is 20.9. The maximum atomic E-state index is 13.0. The van der Waals surface area contributed by atoms with Crippen molar-refractivity contribution < 1.29 is 23.9 Å². The number of aromatic nitrogens is 1. The lowest BCUT2D eigenvalue weighted by Crippen LogP contribution is -2.54.